The number of nitrogens with one attached hydrogen (secondary N) is 2. The molecule has 3 N–H and O–H groups in total. The number of halogens is 1. The van der Waals surface area contributed by atoms with Gasteiger partial charge >= 0.3 is 12.0 Å². The lowest BCUT2D eigenvalue weighted by molar-refractivity contribution is -0.175. The van der Waals surface area contributed by atoms with Gasteiger partial charge in [0.15, 0.2) is 5.60 Å². The van der Waals surface area contributed by atoms with Crippen LogP contribution in [0, 0.1) is 22.7 Å². The first-order valence-corrected chi connectivity index (χ1v) is 17.7. The van der Waals surface area contributed by atoms with Crippen LogP contribution in [0.25, 0.3) is 0 Å². The smallest absolute Gasteiger partial charge is 0.321 e. The monoisotopic (exact) mass is 672 g/mol. The Kier molecular flexibility index (Phi) is 8.20. The van der Waals surface area contributed by atoms with Gasteiger partial charge in [0.1, 0.15) is 5.75 Å². The van der Waals surface area contributed by atoms with Crippen LogP contribution in [0.15, 0.2) is 47.4 Å². The molecule has 0 spiro atoms. The van der Waals surface area contributed by atoms with Crippen LogP contribution >= 0.6 is 11.6 Å². The third-order valence-electron chi connectivity index (χ3n) is 11.4. The predicted molar refractivity (Wildman–Crippen MR) is 173 cm³/mol. The van der Waals surface area contributed by atoms with E-state index in [9.17, 15) is 27.9 Å². The summed E-state index contributed by atoms with van der Waals surface area (Å²) in [7, 11) is -3.94. The predicted octanol–water partition coefficient (Wildman–Crippen LogP) is 5.45. The Morgan fingerprint density at radius 1 is 0.913 bits per heavy atom. The minimum absolute atomic E-state index is 0.0340. The van der Waals surface area contributed by atoms with Gasteiger partial charge in [-0.05, 0) is 75.5 Å². The van der Waals surface area contributed by atoms with Gasteiger partial charge in [0.25, 0.3) is 15.9 Å². The van der Waals surface area contributed by atoms with Gasteiger partial charge in [-0.3, -0.25) is 14.3 Å². The number of hydrogen-bond acceptors (Lipinski definition) is 7. The molecule has 46 heavy (non-hydrogen) atoms. The van der Waals surface area contributed by atoms with Crippen LogP contribution in [0.4, 0.5) is 16.2 Å². The van der Waals surface area contributed by atoms with Crippen molar-refractivity contribution < 1.29 is 32.6 Å². The highest BCUT2D eigenvalue weighted by atomic mass is 35.5. The second-order valence-electron chi connectivity index (χ2n) is 13.8. The van der Waals surface area contributed by atoms with Crippen molar-refractivity contribution in [2.45, 2.75) is 69.8 Å². The summed E-state index contributed by atoms with van der Waals surface area (Å²) in [5.74, 6) is 0.186. The van der Waals surface area contributed by atoms with E-state index in [1.165, 1.54) is 24.3 Å². The number of urea groups is 1. The highest BCUT2D eigenvalue weighted by Crippen LogP contribution is 2.66. The van der Waals surface area contributed by atoms with E-state index in [-0.39, 0.29) is 45.0 Å². The Morgan fingerprint density at radius 2 is 1.50 bits per heavy atom. The molecule has 3 amide bonds. The molecule has 13 heteroatoms. The Labute approximate surface area is 274 Å². The molecule has 3 aliphatic heterocycles. The molecule has 11 nitrogen and oxygen atoms in total. The molecule has 2 aromatic carbocycles. The fourth-order valence-electron chi connectivity index (χ4n) is 7.86. The topological polar surface area (TPSA) is 145 Å². The van der Waals surface area contributed by atoms with Crippen molar-refractivity contribution in [3.05, 3.63) is 47.5 Å². The Bertz CT molecular complexity index is 1650. The average Bonchev–Trinajstić information content (AvgIpc) is 3.34. The number of phenols is 1. The first-order chi connectivity index (χ1) is 21.7. The van der Waals surface area contributed by atoms with Crippen LogP contribution in [0.5, 0.6) is 5.75 Å². The van der Waals surface area contributed by atoms with Gasteiger partial charge in [0, 0.05) is 37.7 Å². The highest BCUT2D eigenvalue weighted by Gasteiger charge is 2.76. The van der Waals surface area contributed by atoms with Crippen molar-refractivity contribution >= 4 is 50.9 Å². The molecular weight excluding hydrogens is 632 g/mol. The normalized spacial score (nSPS) is 26.6. The van der Waals surface area contributed by atoms with Crippen molar-refractivity contribution in [2.75, 3.05) is 36.2 Å². The molecule has 1 saturated carbocycles. The van der Waals surface area contributed by atoms with Gasteiger partial charge in [-0.15, -0.1) is 0 Å². The zero-order valence-corrected chi connectivity index (χ0v) is 27.9. The second kappa shape index (κ2) is 11.6. The van der Waals surface area contributed by atoms with Gasteiger partial charge in [-0.2, -0.15) is 0 Å². The fourth-order valence-corrected chi connectivity index (χ4v) is 9.16. The number of fused-ring (bicyclic) bond motifs is 2. The molecule has 4 fully saturated rings. The molecule has 1 aliphatic carbocycles. The third kappa shape index (κ3) is 5.27. The molecule has 3 heterocycles. The Hall–Kier alpha value is -3.51. The molecule has 6 rings (SSSR count). The first kappa shape index (κ1) is 32.4. The summed E-state index contributed by atoms with van der Waals surface area (Å²) in [5, 5.41) is 13.3. The summed E-state index contributed by atoms with van der Waals surface area (Å²) in [4.78, 5) is 43.2. The number of piperidine rings is 2. The standard InChI is InChI=1S/C33H41ClN4O7S/c1-31(2)32(3)13-14-33(31,45-29(32)41)28(40)37-15-9-21(10-16-37)22-11-17-38(18-12-22)30(42)35-25-20-27(39)26(19-24(25)34)36-46(43,44)23-7-5-4-6-8-23/h4-8,19-22,36,39H,9-18H2,1-3H3,(H,35,42). The van der Waals surface area contributed by atoms with Crippen molar-refractivity contribution in [2.24, 2.45) is 22.7 Å². The van der Waals surface area contributed by atoms with Crippen molar-refractivity contribution in [1.82, 2.24) is 9.80 Å². The summed E-state index contributed by atoms with van der Waals surface area (Å²) in [5.41, 5.74) is -2.18. The lowest BCUT2D eigenvalue weighted by Crippen LogP contribution is -2.56. The van der Waals surface area contributed by atoms with Gasteiger partial charge in [0.05, 0.1) is 26.7 Å². The van der Waals surface area contributed by atoms with Crippen LogP contribution in [0.3, 0.4) is 0 Å². The molecule has 2 aromatic rings. The minimum atomic E-state index is -3.94. The van der Waals surface area contributed by atoms with Crippen molar-refractivity contribution in [1.29, 1.82) is 0 Å². The Morgan fingerprint density at radius 3 is 2.04 bits per heavy atom. The van der Waals surface area contributed by atoms with E-state index in [2.05, 4.69) is 10.0 Å². The number of rotatable bonds is 6. The van der Waals surface area contributed by atoms with Crippen molar-refractivity contribution in [3.8, 4) is 5.75 Å². The van der Waals surface area contributed by atoms with Crippen LogP contribution in [0.1, 0.15) is 59.3 Å². The Balaban J connectivity index is 1.00. The number of benzene rings is 2. The van der Waals surface area contributed by atoms with E-state index >= 15 is 0 Å². The van der Waals surface area contributed by atoms with Crippen LogP contribution in [-0.2, 0) is 24.3 Å². The summed E-state index contributed by atoms with van der Waals surface area (Å²) < 4.78 is 33.5. The van der Waals surface area contributed by atoms with Gasteiger partial charge < -0.3 is 25.0 Å². The number of amides is 3. The highest BCUT2D eigenvalue weighted by molar-refractivity contribution is 7.92. The summed E-state index contributed by atoms with van der Waals surface area (Å²) in [6, 6.07) is 9.89. The van der Waals surface area contributed by atoms with Gasteiger partial charge in [0.2, 0.25) is 0 Å². The number of hydrogen-bond donors (Lipinski definition) is 3. The second-order valence-corrected chi connectivity index (χ2v) is 15.9. The van der Waals surface area contributed by atoms with E-state index in [1.54, 1.807) is 23.1 Å². The molecule has 0 radical (unpaired) electrons. The van der Waals surface area contributed by atoms with Gasteiger partial charge in [-0.1, -0.05) is 43.6 Å². The molecule has 2 atom stereocenters. The molecule has 4 aliphatic rings. The quantitative estimate of drug-likeness (QED) is 0.273. The van der Waals surface area contributed by atoms with Crippen LogP contribution in [0.2, 0.25) is 5.02 Å². The van der Waals surface area contributed by atoms with E-state index in [4.69, 9.17) is 16.3 Å². The van der Waals surface area contributed by atoms with E-state index in [1.807, 2.05) is 25.7 Å². The van der Waals surface area contributed by atoms with E-state index in [0.29, 0.717) is 50.9 Å². The molecule has 2 bridgehead atoms. The average molecular weight is 673 g/mol. The number of sulfonamides is 1. The third-order valence-corrected chi connectivity index (χ3v) is 13.1. The number of carbonyl (C=O) groups is 3. The van der Waals surface area contributed by atoms with Crippen molar-refractivity contribution in [3.63, 3.8) is 0 Å². The van der Waals surface area contributed by atoms with Crippen LogP contribution < -0.4 is 10.0 Å². The SMILES string of the molecule is CC12CCC(C(=O)N3CCC(C4CCN(C(=O)Nc5cc(O)c(NS(=O)(=O)c6ccccc6)cc5Cl)CC4)CC3)(OC1=O)C2(C)C. The summed E-state index contributed by atoms with van der Waals surface area (Å²) >= 11 is 6.38. The van der Waals surface area contributed by atoms with E-state index in [0.717, 1.165) is 25.7 Å². The number of esters is 1. The zero-order chi connectivity index (χ0) is 33.1. The molecule has 3 saturated heterocycles. The molecule has 0 aromatic heterocycles. The number of phenolic OH excluding ortho intramolecular Hbond substituents is 1. The number of anilines is 2. The fraction of sp³-hybridized carbons (Fsp3) is 0.545. The number of carbonyl (C=O) groups excluding carboxylic acids is 3. The number of aromatic hydroxyl groups is 1. The largest absolute Gasteiger partial charge is 0.506 e. The maximum absolute atomic E-state index is 13.8. The summed E-state index contributed by atoms with van der Waals surface area (Å²) in [6.45, 7) is 8.28. The summed E-state index contributed by atoms with van der Waals surface area (Å²) in [6.07, 6.45) is 4.65. The zero-order valence-electron chi connectivity index (χ0n) is 26.3. The first-order valence-electron chi connectivity index (χ1n) is 15.9. The molecular formula is C33H41ClN4O7S. The number of likely N-dealkylation sites (tertiary alicyclic amines) is 2. The van der Waals surface area contributed by atoms with Crippen LogP contribution in [-0.4, -0.2) is 73.0 Å². The molecule has 2 unspecified atom stereocenters. The maximum Gasteiger partial charge on any atom is 0.321 e. The number of nitrogens with zero attached hydrogens (tertiary/aromatic N) is 2. The lowest BCUT2D eigenvalue weighted by Gasteiger charge is -2.43. The van der Waals surface area contributed by atoms with E-state index < -0.39 is 26.5 Å². The molecule has 248 valence electrons. The maximum atomic E-state index is 13.8. The number of ether oxygens (including phenoxy) is 1. The van der Waals surface area contributed by atoms with Gasteiger partial charge in [-0.25, -0.2) is 13.2 Å². The lowest BCUT2D eigenvalue weighted by atomic mass is 9.66. The minimum Gasteiger partial charge on any atom is -0.506 e.